The maximum Gasteiger partial charge on any atom is 0.212 e. The Morgan fingerprint density at radius 3 is 2.18 bits per heavy atom. The Morgan fingerprint density at radius 1 is 0.818 bits per heavy atom. The largest absolute Gasteiger partial charge is 0.496 e. The van der Waals surface area contributed by atoms with Crippen LogP contribution >= 0.6 is 0 Å². The van der Waals surface area contributed by atoms with Crippen molar-refractivity contribution >= 4 is 10.8 Å². The number of benzene rings is 2. The molecule has 0 aliphatic carbocycles. The van der Waals surface area contributed by atoms with Crippen molar-refractivity contribution in [3.05, 3.63) is 48.7 Å². The van der Waals surface area contributed by atoms with Crippen molar-refractivity contribution in [2.75, 3.05) is 21.3 Å². The summed E-state index contributed by atoms with van der Waals surface area (Å²) < 4.78 is 16.3. The highest BCUT2D eigenvalue weighted by Crippen LogP contribution is 2.41. The van der Waals surface area contributed by atoms with E-state index in [1.54, 1.807) is 27.5 Å². The van der Waals surface area contributed by atoms with E-state index in [-0.39, 0.29) is 0 Å². The zero-order chi connectivity index (χ0) is 15.5. The molecule has 0 fully saturated rings. The van der Waals surface area contributed by atoms with Crippen LogP contribution in [-0.2, 0) is 0 Å². The van der Waals surface area contributed by atoms with E-state index in [0.29, 0.717) is 5.88 Å². The highest BCUT2D eigenvalue weighted by molar-refractivity contribution is 5.99. The molecule has 1 aromatic heterocycles. The second-order valence-corrected chi connectivity index (χ2v) is 4.79. The van der Waals surface area contributed by atoms with Crippen LogP contribution in [0.5, 0.6) is 17.4 Å². The summed E-state index contributed by atoms with van der Waals surface area (Å²) in [6.07, 6.45) is 1.77. The maximum atomic E-state index is 5.65. The summed E-state index contributed by atoms with van der Waals surface area (Å²) >= 11 is 0. The Kier molecular flexibility index (Phi) is 3.83. The molecule has 3 rings (SSSR count). The summed E-state index contributed by atoms with van der Waals surface area (Å²) in [4.78, 5) is 4.27. The van der Waals surface area contributed by atoms with Crippen molar-refractivity contribution in [3.8, 4) is 28.5 Å². The summed E-state index contributed by atoms with van der Waals surface area (Å²) in [5, 5.41) is 2.03. The van der Waals surface area contributed by atoms with Gasteiger partial charge < -0.3 is 14.2 Å². The lowest BCUT2D eigenvalue weighted by Gasteiger charge is -2.15. The summed E-state index contributed by atoms with van der Waals surface area (Å²) in [5.74, 6) is 2.20. The quantitative estimate of drug-likeness (QED) is 0.731. The molecule has 22 heavy (non-hydrogen) atoms. The number of ether oxygens (including phenoxy) is 3. The SMILES string of the molecule is COc1ccc(-c2cc(OC)c3ccccc3c2OC)cn1. The van der Waals surface area contributed by atoms with Gasteiger partial charge in [-0.25, -0.2) is 4.98 Å². The number of fused-ring (bicyclic) bond motifs is 1. The van der Waals surface area contributed by atoms with E-state index in [4.69, 9.17) is 14.2 Å². The van der Waals surface area contributed by atoms with Gasteiger partial charge in [0.05, 0.1) is 21.3 Å². The van der Waals surface area contributed by atoms with Crippen LogP contribution in [0, 0.1) is 0 Å². The van der Waals surface area contributed by atoms with E-state index in [0.717, 1.165) is 33.4 Å². The molecule has 4 nitrogen and oxygen atoms in total. The minimum atomic E-state index is 0.579. The Balaban J connectivity index is 2.27. The van der Waals surface area contributed by atoms with Gasteiger partial charge in [-0.2, -0.15) is 0 Å². The van der Waals surface area contributed by atoms with Gasteiger partial charge in [0, 0.05) is 34.2 Å². The number of aromatic nitrogens is 1. The molecule has 0 unspecified atom stereocenters. The van der Waals surface area contributed by atoms with Gasteiger partial charge in [0.1, 0.15) is 11.5 Å². The molecule has 0 aliphatic rings. The standard InChI is InChI=1S/C18H17NO3/c1-20-16-10-15(12-8-9-17(21-2)19-11-12)18(22-3)14-7-5-4-6-13(14)16/h4-11H,1-3H3. The fraction of sp³-hybridized carbons (Fsp3) is 0.167. The van der Waals surface area contributed by atoms with Gasteiger partial charge >= 0.3 is 0 Å². The topological polar surface area (TPSA) is 40.6 Å². The zero-order valence-corrected chi connectivity index (χ0v) is 12.8. The lowest BCUT2D eigenvalue weighted by molar-refractivity contribution is 0.398. The van der Waals surface area contributed by atoms with Crippen molar-refractivity contribution in [3.63, 3.8) is 0 Å². The fourth-order valence-corrected chi connectivity index (χ4v) is 2.58. The summed E-state index contributed by atoms with van der Waals surface area (Å²) in [5.41, 5.74) is 1.88. The first kappa shape index (κ1) is 14.2. The molecular weight excluding hydrogens is 278 g/mol. The average Bonchev–Trinajstić information content (AvgIpc) is 2.60. The zero-order valence-electron chi connectivity index (χ0n) is 12.8. The maximum absolute atomic E-state index is 5.65. The van der Waals surface area contributed by atoms with Crippen LogP contribution in [0.4, 0.5) is 0 Å². The minimum absolute atomic E-state index is 0.579. The van der Waals surface area contributed by atoms with E-state index in [1.807, 2.05) is 42.5 Å². The van der Waals surface area contributed by atoms with E-state index in [9.17, 15) is 0 Å². The number of pyridine rings is 1. The van der Waals surface area contributed by atoms with Gasteiger partial charge in [-0.15, -0.1) is 0 Å². The number of methoxy groups -OCH3 is 3. The van der Waals surface area contributed by atoms with Crippen LogP contribution in [0.15, 0.2) is 48.7 Å². The minimum Gasteiger partial charge on any atom is -0.496 e. The second-order valence-electron chi connectivity index (χ2n) is 4.79. The third-order valence-corrected chi connectivity index (χ3v) is 3.64. The van der Waals surface area contributed by atoms with Gasteiger partial charge in [-0.1, -0.05) is 24.3 Å². The number of rotatable bonds is 4. The van der Waals surface area contributed by atoms with Crippen LogP contribution in [0.3, 0.4) is 0 Å². The second kappa shape index (κ2) is 5.93. The van der Waals surface area contributed by atoms with E-state index in [1.165, 1.54) is 0 Å². The Bertz CT molecular complexity index is 797. The molecule has 4 heteroatoms. The first-order chi connectivity index (χ1) is 10.8. The lowest BCUT2D eigenvalue weighted by Crippen LogP contribution is -1.94. The molecule has 2 aromatic carbocycles. The predicted molar refractivity (Wildman–Crippen MR) is 86.8 cm³/mol. The molecular formula is C18H17NO3. The van der Waals surface area contributed by atoms with E-state index >= 15 is 0 Å². The van der Waals surface area contributed by atoms with Crippen LogP contribution < -0.4 is 14.2 Å². The third-order valence-electron chi connectivity index (χ3n) is 3.64. The Hall–Kier alpha value is -2.75. The van der Waals surface area contributed by atoms with Gasteiger partial charge in [0.25, 0.3) is 0 Å². The molecule has 1 heterocycles. The summed E-state index contributed by atoms with van der Waals surface area (Å²) in [6.45, 7) is 0. The van der Waals surface area contributed by atoms with Crippen molar-refractivity contribution in [1.29, 1.82) is 0 Å². The van der Waals surface area contributed by atoms with Crippen molar-refractivity contribution in [1.82, 2.24) is 4.98 Å². The molecule has 0 bridgehead atoms. The number of hydrogen-bond acceptors (Lipinski definition) is 4. The molecule has 3 aromatic rings. The average molecular weight is 295 g/mol. The smallest absolute Gasteiger partial charge is 0.212 e. The normalized spacial score (nSPS) is 10.5. The van der Waals surface area contributed by atoms with E-state index < -0.39 is 0 Å². The highest BCUT2D eigenvalue weighted by atomic mass is 16.5. The van der Waals surface area contributed by atoms with Crippen molar-refractivity contribution in [2.24, 2.45) is 0 Å². The first-order valence-corrected chi connectivity index (χ1v) is 6.92. The summed E-state index contributed by atoms with van der Waals surface area (Å²) in [6, 6.07) is 13.8. The number of hydrogen-bond donors (Lipinski definition) is 0. The highest BCUT2D eigenvalue weighted by Gasteiger charge is 2.14. The third kappa shape index (κ3) is 2.33. The Labute approximate surface area is 129 Å². The lowest BCUT2D eigenvalue weighted by atomic mass is 9.99. The molecule has 112 valence electrons. The number of nitrogens with zero attached hydrogens (tertiary/aromatic N) is 1. The van der Waals surface area contributed by atoms with Crippen LogP contribution in [0.25, 0.3) is 21.9 Å². The first-order valence-electron chi connectivity index (χ1n) is 6.92. The van der Waals surface area contributed by atoms with Crippen molar-refractivity contribution < 1.29 is 14.2 Å². The van der Waals surface area contributed by atoms with Gasteiger partial charge in [0.2, 0.25) is 5.88 Å². The predicted octanol–water partition coefficient (Wildman–Crippen LogP) is 3.93. The molecule has 0 atom stereocenters. The van der Waals surface area contributed by atoms with Gasteiger partial charge in [-0.3, -0.25) is 0 Å². The molecule has 0 N–H and O–H groups in total. The van der Waals surface area contributed by atoms with Crippen molar-refractivity contribution in [2.45, 2.75) is 0 Å². The molecule has 0 saturated carbocycles. The van der Waals surface area contributed by atoms with E-state index in [2.05, 4.69) is 4.98 Å². The Morgan fingerprint density at radius 2 is 1.59 bits per heavy atom. The molecule has 0 aliphatic heterocycles. The molecule has 0 spiro atoms. The molecule has 0 amide bonds. The van der Waals surface area contributed by atoms with Crippen LogP contribution in [0.1, 0.15) is 0 Å². The summed E-state index contributed by atoms with van der Waals surface area (Å²) in [7, 11) is 4.95. The monoisotopic (exact) mass is 295 g/mol. The van der Waals surface area contributed by atoms with Crippen LogP contribution in [0.2, 0.25) is 0 Å². The fourth-order valence-electron chi connectivity index (χ4n) is 2.58. The van der Waals surface area contributed by atoms with Gasteiger partial charge in [-0.05, 0) is 12.1 Å². The molecule has 0 saturated heterocycles. The molecule has 0 radical (unpaired) electrons. The van der Waals surface area contributed by atoms with Gasteiger partial charge in [0.15, 0.2) is 0 Å². The van der Waals surface area contributed by atoms with Crippen LogP contribution in [-0.4, -0.2) is 26.3 Å².